The van der Waals surface area contributed by atoms with Gasteiger partial charge >= 0.3 is 0 Å². The lowest BCUT2D eigenvalue weighted by atomic mass is 10.1. The van der Waals surface area contributed by atoms with Gasteiger partial charge in [-0.15, -0.1) is 0 Å². The molecule has 6 nitrogen and oxygen atoms in total. The second-order valence-electron chi connectivity index (χ2n) is 12.4. The van der Waals surface area contributed by atoms with E-state index >= 15 is 0 Å². The molecule has 0 fully saturated rings. The Morgan fingerprint density at radius 2 is 1.04 bits per heavy atom. The maximum atomic E-state index is 12.4. The molecule has 2 atom stereocenters. The molecule has 0 aromatic carbocycles. The number of unbranched alkanes of at least 4 members (excludes halogenated alkanes) is 14. The standard InChI is InChI=1S/C40H69NO5S/c1-3-5-7-9-11-13-15-17-18-19-20-21-22-24-25-27-29-31-33-35-39(42)38(37-47(44,45)46)41-40(43)36-34-32-30-28-26-23-16-14-12-10-8-6-4-2/h6,8,12,14,20-21,23,25-27,33,35,38-39,42H,3-5,7,9-11,13,15-19,22,24,28-32,34,36-37H2,1-2H3,(H,41,43)(H,44,45,46)/b8-6-,14-12-,21-20+,26-23-,27-25+,35-33+. The van der Waals surface area contributed by atoms with Gasteiger partial charge in [0.05, 0.1) is 17.9 Å². The quantitative estimate of drug-likeness (QED) is 0.0374. The fraction of sp³-hybridized carbons (Fsp3) is 0.675. The second kappa shape index (κ2) is 33.7. The molecule has 1 amide bonds. The van der Waals surface area contributed by atoms with Crippen LogP contribution in [0.25, 0.3) is 0 Å². The lowest BCUT2D eigenvalue weighted by molar-refractivity contribution is -0.122. The van der Waals surface area contributed by atoms with Crippen molar-refractivity contribution in [1.82, 2.24) is 5.32 Å². The van der Waals surface area contributed by atoms with E-state index in [2.05, 4.69) is 79.9 Å². The summed E-state index contributed by atoms with van der Waals surface area (Å²) in [6.07, 6.45) is 47.5. The molecule has 0 aliphatic carbocycles. The van der Waals surface area contributed by atoms with E-state index in [0.29, 0.717) is 12.8 Å². The van der Waals surface area contributed by atoms with Crippen molar-refractivity contribution in [1.29, 1.82) is 0 Å². The van der Waals surface area contributed by atoms with Gasteiger partial charge in [0.2, 0.25) is 5.91 Å². The summed E-state index contributed by atoms with van der Waals surface area (Å²) < 4.78 is 32.4. The van der Waals surface area contributed by atoms with Gasteiger partial charge in [0.15, 0.2) is 0 Å². The number of hydrogen-bond acceptors (Lipinski definition) is 4. The molecule has 47 heavy (non-hydrogen) atoms. The minimum Gasteiger partial charge on any atom is -0.387 e. The van der Waals surface area contributed by atoms with Crippen LogP contribution in [0.5, 0.6) is 0 Å². The highest BCUT2D eigenvalue weighted by molar-refractivity contribution is 7.85. The Balaban J connectivity index is 4.12. The van der Waals surface area contributed by atoms with E-state index in [1.165, 1.54) is 70.3 Å². The van der Waals surface area contributed by atoms with Crippen LogP contribution in [-0.2, 0) is 14.9 Å². The molecular weight excluding hydrogens is 607 g/mol. The van der Waals surface area contributed by atoms with Gasteiger partial charge in [-0.2, -0.15) is 8.42 Å². The first-order chi connectivity index (χ1) is 22.8. The monoisotopic (exact) mass is 675 g/mol. The molecule has 0 aromatic heterocycles. The molecule has 0 saturated heterocycles. The Kier molecular flexibility index (Phi) is 32.1. The first-order valence-electron chi connectivity index (χ1n) is 18.6. The normalized spacial score (nSPS) is 14.2. The van der Waals surface area contributed by atoms with Gasteiger partial charge in [0, 0.05) is 6.42 Å². The molecule has 0 saturated carbocycles. The molecule has 0 bridgehead atoms. The van der Waals surface area contributed by atoms with E-state index < -0.39 is 28.0 Å². The summed E-state index contributed by atoms with van der Waals surface area (Å²) in [6.45, 7) is 4.38. The van der Waals surface area contributed by atoms with Crippen LogP contribution >= 0.6 is 0 Å². The van der Waals surface area contributed by atoms with Crippen LogP contribution in [-0.4, -0.2) is 41.9 Å². The van der Waals surface area contributed by atoms with Crippen LogP contribution in [0, 0.1) is 0 Å². The smallest absolute Gasteiger partial charge is 0.267 e. The first kappa shape index (κ1) is 44.8. The number of nitrogens with one attached hydrogen (secondary N) is 1. The Hall–Kier alpha value is -2.22. The molecule has 0 spiro atoms. The zero-order valence-electron chi connectivity index (χ0n) is 29.9. The van der Waals surface area contributed by atoms with E-state index in [0.717, 1.165) is 57.8 Å². The third-order valence-corrected chi connectivity index (χ3v) is 8.62. The van der Waals surface area contributed by atoms with Crippen molar-refractivity contribution < 1.29 is 22.9 Å². The Morgan fingerprint density at radius 3 is 1.60 bits per heavy atom. The minimum absolute atomic E-state index is 0.245. The highest BCUT2D eigenvalue weighted by Crippen LogP contribution is 2.11. The lowest BCUT2D eigenvalue weighted by Crippen LogP contribution is -2.46. The SMILES string of the molecule is CC/C=C\C/C=C\C/C=C\CCCCCC(=O)NC(CS(=O)(=O)O)C(O)/C=C/CC/C=C/CC/C=C/CCCCCCCCCCC. The highest BCUT2D eigenvalue weighted by Gasteiger charge is 2.24. The number of carbonyl (C=O) groups excluding carboxylic acids is 1. The maximum absolute atomic E-state index is 12.4. The summed E-state index contributed by atoms with van der Waals surface area (Å²) in [7, 11) is -4.37. The maximum Gasteiger partial charge on any atom is 0.267 e. The van der Waals surface area contributed by atoms with E-state index in [-0.39, 0.29) is 12.3 Å². The molecule has 0 radical (unpaired) electrons. The highest BCUT2D eigenvalue weighted by atomic mass is 32.2. The fourth-order valence-corrected chi connectivity index (χ4v) is 5.82. The number of rotatable bonds is 32. The summed E-state index contributed by atoms with van der Waals surface area (Å²) in [5.74, 6) is -1.06. The average molecular weight is 676 g/mol. The Morgan fingerprint density at radius 1 is 0.596 bits per heavy atom. The Labute approximate surface area is 289 Å². The molecule has 0 rings (SSSR count). The van der Waals surface area contributed by atoms with Crippen molar-refractivity contribution in [2.75, 3.05) is 5.75 Å². The van der Waals surface area contributed by atoms with E-state index in [1.807, 2.05) is 0 Å². The van der Waals surface area contributed by atoms with E-state index in [9.17, 15) is 22.9 Å². The van der Waals surface area contributed by atoms with Crippen LogP contribution < -0.4 is 5.32 Å². The van der Waals surface area contributed by atoms with Crippen LogP contribution in [0.15, 0.2) is 72.9 Å². The third-order valence-electron chi connectivity index (χ3n) is 7.84. The minimum atomic E-state index is -4.37. The van der Waals surface area contributed by atoms with Crippen molar-refractivity contribution in [3.05, 3.63) is 72.9 Å². The van der Waals surface area contributed by atoms with Gasteiger partial charge in [-0.1, -0.05) is 145 Å². The zero-order valence-corrected chi connectivity index (χ0v) is 30.7. The van der Waals surface area contributed by atoms with E-state index in [1.54, 1.807) is 6.08 Å². The molecule has 3 N–H and O–H groups in total. The summed E-state index contributed by atoms with van der Waals surface area (Å²) >= 11 is 0. The summed E-state index contributed by atoms with van der Waals surface area (Å²) in [4.78, 5) is 12.4. The molecule has 2 unspecified atom stereocenters. The summed E-state index contributed by atoms with van der Waals surface area (Å²) in [5.41, 5.74) is 0. The number of amides is 1. The number of carbonyl (C=O) groups is 1. The molecule has 0 aliphatic heterocycles. The molecule has 7 heteroatoms. The molecule has 0 heterocycles. The third kappa shape index (κ3) is 34.9. The predicted octanol–water partition coefficient (Wildman–Crippen LogP) is 10.7. The molecule has 270 valence electrons. The van der Waals surface area contributed by atoms with Gasteiger partial charge < -0.3 is 10.4 Å². The average Bonchev–Trinajstić information content (AvgIpc) is 3.03. The van der Waals surface area contributed by atoms with Gasteiger partial charge in [-0.05, 0) is 77.0 Å². The molecule has 0 aromatic rings. The van der Waals surface area contributed by atoms with E-state index in [4.69, 9.17) is 0 Å². The number of aliphatic hydroxyl groups excluding tert-OH is 1. The number of allylic oxidation sites excluding steroid dienone is 11. The van der Waals surface area contributed by atoms with Gasteiger partial charge in [0.25, 0.3) is 10.1 Å². The second-order valence-corrected chi connectivity index (χ2v) is 13.9. The molecular formula is C40H69NO5S. The largest absolute Gasteiger partial charge is 0.387 e. The zero-order chi connectivity index (χ0) is 34.7. The number of hydrogen-bond donors (Lipinski definition) is 3. The van der Waals surface area contributed by atoms with Crippen LogP contribution in [0.4, 0.5) is 0 Å². The van der Waals surface area contributed by atoms with Crippen LogP contribution in [0.1, 0.15) is 155 Å². The van der Waals surface area contributed by atoms with Crippen molar-refractivity contribution in [3.8, 4) is 0 Å². The fourth-order valence-electron chi connectivity index (χ4n) is 5.08. The van der Waals surface area contributed by atoms with Crippen molar-refractivity contribution in [2.24, 2.45) is 0 Å². The van der Waals surface area contributed by atoms with Gasteiger partial charge in [0.1, 0.15) is 0 Å². The summed E-state index contributed by atoms with van der Waals surface area (Å²) in [6, 6.07) is -1.10. The lowest BCUT2D eigenvalue weighted by Gasteiger charge is -2.21. The van der Waals surface area contributed by atoms with Crippen molar-refractivity contribution >= 4 is 16.0 Å². The topological polar surface area (TPSA) is 104 Å². The first-order valence-corrected chi connectivity index (χ1v) is 20.2. The van der Waals surface area contributed by atoms with Crippen LogP contribution in [0.2, 0.25) is 0 Å². The summed E-state index contributed by atoms with van der Waals surface area (Å²) in [5, 5.41) is 13.1. The van der Waals surface area contributed by atoms with Gasteiger partial charge in [-0.25, -0.2) is 0 Å². The Bertz CT molecular complexity index is 1010. The molecule has 0 aliphatic rings. The van der Waals surface area contributed by atoms with Crippen molar-refractivity contribution in [2.45, 2.75) is 167 Å². The number of aliphatic hydroxyl groups is 1. The van der Waals surface area contributed by atoms with Gasteiger partial charge in [-0.3, -0.25) is 9.35 Å². The van der Waals surface area contributed by atoms with Crippen LogP contribution in [0.3, 0.4) is 0 Å². The predicted molar refractivity (Wildman–Crippen MR) is 202 cm³/mol. The van der Waals surface area contributed by atoms with Crippen molar-refractivity contribution in [3.63, 3.8) is 0 Å².